The van der Waals surface area contributed by atoms with Gasteiger partial charge >= 0.3 is 0 Å². The van der Waals surface area contributed by atoms with Gasteiger partial charge in [-0.05, 0) is 43.4 Å². The molecule has 1 aromatic rings. The lowest BCUT2D eigenvalue weighted by Crippen LogP contribution is -2.34. The average Bonchev–Trinajstić information content (AvgIpc) is 3.07. The van der Waals surface area contributed by atoms with E-state index >= 15 is 0 Å². The van der Waals surface area contributed by atoms with Gasteiger partial charge < -0.3 is 20.7 Å². The zero-order chi connectivity index (χ0) is 16.9. The molecule has 2 aliphatic rings. The van der Waals surface area contributed by atoms with Gasteiger partial charge in [-0.2, -0.15) is 0 Å². The van der Waals surface area contributed by atoms with E-state index in [0.717, 1.165) is 37.1 Å². The van der Waals surface area contributed by atoms with E-state index in [2.05, 4.69) is 5.32 Å². The SMILES string of the molecule is NC[C@H]1CC[C@@H](C(=O)Nc2cccc(CN3CCCCC3=O)c2)O1. The fourth-order valence-electron chi connectivity index (χ4n) is 3.29. The monoisotopic (exact) mass is 331 g/mol. The first-order chi connectivity index (χ1) is 11.7. The van der Waals surface area contributed by atoms with Crippen LogP contribution in [0.5, 0.6) is 0 Å². The second kappa shape index (κ2) is 7.77. The van der Waals surface area contributed by atoms with Crippen molar-refractivity contribution in [1.82, 2.24) is 4.90 Å². The van der Waals surface area contributed by atoms with Crippen LogP contribution < -0.4 is 11.1 Å². The van der Waals surface area contributed by atoms with Gasteiger partial charge in [0.25, 0.3) is 5.91 Å². The van der Waals surface area contributed by atoms with Gasteiger partial charge in [-0.1, -0.05) is 12.1 Å². The third-order valence-corrected chi connectivity index (χ3v) is 4.65. The van der Waals surface area contributed by atoms with Crippen LogP contribution in [0.2, 0.25) is 0 Å². The molecule has 0 bridgehead atoms. The molecule has 0 aliphatic carbocycles. The summed E-state index contributed by atoms with van der Waals surface area (Å²) in [6.07, 6.45) is 3.77. The van der Waals surface area contributed by atoms with E-state index in [1.54, 1.807) is 0 Å². The molecule has 6 heteroatoms. The predicted molar refractivity (Wildman–Crippen MR) is 91.3 cm³/mol. The second-order valence-corrected chi connectivity index (χ2v) is 6.52. The number of ether oxygens (including phenoxy) is 1. The van der Waals surface area contributed by atoms with E-state index in [-0.39, 0.29) is 17.9 Å². The van der Waals surface area contributed by atoms with E-state index in [4.69, 9.17) is 10.5 Å². The first kappa shape index (κ1) is 16.9. The summed E-state index contributed by atoms with van der Waals surface area (Å²) >= 11 is 0. The molecule has 2 saturated heterocycles. The lowest BCUT2D eigenvalue weighted by molar-refractivity contribution is -0.133. The Morgan fingerprint density at radius 1 is 1.33 bits per heavy atom. The molecule has 2 atom stereocenters. The molecule has 0 aromatic heterocycles. The van der Waals surface area contributed by atoms with Gasteiger partial charge in [0.1, 0.15) is 6.10 Å². The zero-order valence-electron chi connectivity index (χ0n) is 13.9. The molecule has 130 valence electrons. The minimum absolute atomic E-state index is 0.0165. The van der Waals surface area contributed by atoms with Crippen LogP contribution >= 0.6 is 0 Å². The molecule has 2 heterocycles. The van der Waals surface area contributed by atoms with Crippen LogP contribution in [0.3, 0.4) is 0 Å². The number of likely N-dealkylation sites (tertiary alicyclic amines) is 1. The maximum absolute atomic E-state index is 12.3. The number of benzene rings is 1. The summed E-state index contributed by atoms with van der Waals surface area (Å²) in [7, 11) is 0. The number of nitrogens with zero attached hydrogens (tertiary/aromatic N) is 1. The molecule has 3 rings (SSSR count). The van der Waals surface area contributed by atoms with Gasteiger partial charge in [0.2, 0.25) is 5.91 Å². The Hall–Kier alpha value is -1.92. The number of amides is 2. The fourth-order valence-corrected chi connectivity index (χ4v) is 3.29. The van der Waals surface area contributed by atoms with Gasteiger partial charge in [-0.25, -0.2) is 0 Å². The highest BCUT2D eigenvalue weighted by Crippen LogP contribution is 2.21. The smallest absolute Gasteiger partial charge is 0.253 e. The maximum atomic E-state index is 12.3. The molecule has 0 saturated carbocycles. The van der Waals surface area contributed by atoms with Gasteiger partial charge in [0.15, 0.2) is 0 Å². The second-order valence-electron chi connectivity index (χ2n) is 6.52. The van der Waals surface area contributed by atoms with Crippen LogP contribution in [0.15, 0.2) is 24.3 Å². The van der Waals surface area contributed by atoms with E-state index in [1.807, 2.05) is 29.2 Å². The summed E-state index contributed by atoms with van der Waals surface area (Å²) in [6.45, 7) is 1.85. The van der Waals surface area contributed by atoms with Crippen molar-refractivity contribution in [3.63, 3.8) is 0 Å². The highest BCUT2D eigenvalue weighted by atomic mass is 16.5. The van der Waals surface area contributed by atoms with E-state index < -0.39 is 6.10 Å². The van der Waals surface area contributed by atoms with Gasteiger partial charge in [-0.15, -0.1) is 0 Å². The number of hydrogen-bond acceptors (Lipinski definition) is 4. The Labute approximate surface area is 142 Å². The third-order valence-electron chi connectivity index (χ3n) is 4.65. The number of nitrogens with two attached hydrogens (primary N) is 1. The van der Waals surface area contributed by atoms with Crippen LogP contribution in [0.25, 0.3) is 0 Å². The molecule has 2 fully saturated rings. The van der Waals surface area contributed by atoms with Crippen LogP contribution in [0, 0.1) is 0 Å². The number of piperidine rings is 1. The third kappa shape index (κ3) is 4.13. The first-order valence-electron chi connectivity index (χ1n) is 8.69. The van der Waals surface area contributed by atoms with Crippen LogP contribution in [-0.4, -0.2) is 42.0 Å². The Bertz CT molecular complexity index is 605. The normalized spacial score (nSPS) is 24.2. The lowest BCUT2D eigenvalue weighted by Gasteiger charge is -2.27. The highest BCUT2D eigenvalue weighted by molar-refractivity contribution is 5.94. The topological polar surface area (TPSA) is 84.7 Å². The van der Waals surface area contributed by atoms with Crippen LogP contribution in [0.4, 0.5) is 5.69 Å². The Morgan fingerprint density at radius 2 is 2.21 bits per heavy atom. The number of carbonyl (C=O) groups excluding carboxylic acids is 2. The predicted octanol–water partition coefficient (Wildman–Crippen LogP) is 1.64. The summed E-state index contributed by atoms with van der Waals surface area (Å²) in [5.74, 6) is 0.0834. The molecule has 2 amide bonds. The van der Waals surface area contributed by atoms with Crippen molar-refractivity contribution in [2.45, 2.75) is 50.9 Å². The summed E-state index contributed by atoms with van der Waals surface area (Å²) in [6, 6.07) is 7.66. The molecular weight excluding hydrogens is 306 g/mol. The average molecular weight is 331 g/mol. The van der Waals surface area contributed by atoms with Crippen LogP contribution in [0.1, 0.15) is 37.7 Å². The van der Waals surface area contributed by atoms with Crippen molar-refractivity contribution in [3.05, 3.63) is 29.8 Å². The van der Waals surface area contributed by atoms with Gasteiger partial charge in [0.05, 0.1) is 6.10 Å². The Kier molecular flexibility index (Phi) is 5.48. The van der Waals surface area contributed by atoms with Gasteiger partial charge in [-0.3, -0.25) is 9.59 Å². The number of rotatable bonds is 5. The largest absolute Gasteiger partial charge is 0.364 e. The molecule has 1 aromatic carbocycles. The number of carbonyl (C=O) groups is 2. The number of anilines is 1. The van der Waals surface area contributed by atoms with E-state index in [1.165, 1.54) is 0 Å². The quantitative estimate of drug-likeness (QED) is 0.859. The summed E-state index contributed by atoms with van der Waals surface area (Å²) < 4.78 is 5.62. The fraction of sp³-hybridized carbons (Fsp3) is 0.556. The van der Waals surface area contributed by atoms with Crippen molar-refractivity contribution in [2.75, 3.05) is 18.4 Å². The minimum Gasteiger partial charge on any atom is -0.364 e. The van der Waals surface area contributed by atoms with Crippen molar-refractivity contribution >= 4 is 17.5 Å². The Balaban J connectivity index is 1.58. The van der Waals surface area contributed by atoms with E-state index in [9.17, 15) is 9.59 Å². The first-order valence-corrected chi connectivity index (χ1v) is 8.69. The van der Waals surface area contributed by atoms with Crippen molar-refractivity contribution in [2.24, 2.45) is 5.73 Å². The summed E-state index contributed by atoms with van der Waals surface area (Å²) in [5, 5.41) is 2.91. The van der Waals surface area contributed by atoms with Crippen molar-refractivity contribution in [3.8, 4) is 0 Å². The van der Waals surface area contributed by atoms with Crippen molar-refractivity contribution in [1.29, 1.82) is 0 Å². The standard InChI is InChI=1S/C18H25N3O3/c19-11-15-7-8-16(24-15)18(23)20-14-5-3-4-13(10-14)12-21-9-2-1-6-17(21)22/h3-5,10,15-16H,1-2,6-9,11-12,19H2,(H,20,23)/t15-,16+/m1/s1. The molecule has 0 spiro atoms. The summed E-state index contributed by atoms with van der Waals surface area (Å²) in [5.41, 5.74) is 7.34. The van der Waals surface area contributed by atoms with Crippen molar-refractivity contribution < 1.29 is 14.3 Å². The molecule has 24 heavy (non-hydrogen) atoms. The lowest BCUT2D eigenvalue weighted by atomic mass is 10.1. The highest BCUT2D eigenvalue weighted by Gasteiger charge is 2.29. The molecule has 3 N–H and O–H groups in total. The number of nitrogens with one attached hydrogen (secondary N) is 1. The van der Waals surface area contributed by atoms with Gasteiger partial charge in [0, 0.05) is 31.7 Å². The van der Waals surface area contributed by atoms with E-state index in [0.29, 0.717) is 25.9 Å². The number of hydrogen-bond donors (Lipinski definition) is 2. The molecule has 2 aliphatic heterocycles. The minimum atomic E-state index is -0.425. The Morgan fingerprint density at radius 3 is 2.96 bits per heavy atom. The summed E-state index contributed by atoms with van der Waals surface area (Å²) in [4.78, 5) is 26.1. The zero-order valence-corrected chi connectivity index (χ0v) is 13.9. The molecular formula is C18H25N3O3. The van der Waals surface area contributed by atoms with Crippen LogP contribution in [-0.2, 0) is 20.9 Å². The molecule has 0 radical (unpaired) electrons. The molecule has 6 nitrogen and oxygen atoms in total. The molecule has 0 unspecified atom stereocenters. The maximum Gasteiger partial charge on any atom is 0.253 e.